The van der Waals surface area contributed by atoms with E-state index in [0.717, 1.165) is 17.5 Å². The lowest BCUT2D eigenvalue weighted by Crippen LogP contribution is -1.93. The Morgan fingerprint density at radius 2 is 1.47 bits per heavy atom. The van der Waals surface area contributed by atoms with Gasteiger partial charge in [0.25, 0.3) is 0 Å². The van der Waals surface area contributed by atoms with Gasteiger partial charge in [0, 0.05) is 0 Å². The second-order valence-corrected chi connectivity index (χ2v) is 4.70. The molecular weight excluding hydrogens is 228 g/mol. The van der Waals surface area contributed by atoms with E-state index in [2.05, 4.69) is 43.3 Å². The molecule has 0 aliphatic rings. The van der Waals surface area contributed by atoms with E-state index in [4.69, 9.17) is 11.6 Å². The Kier molecular flexibility index (Phi) is 4.22. The number of rotatable bonds is 4. The highest BCUT2D eigenvalue weighted by molar-refractivity contribution is 6.22. The van der Waals surface area contributed by atoms with Gasteiger partial charge in [0.05, 0.1) is 5.38 Å². The molecule has 0 N–H and O–H groups in total. The molecule has 0 nitrogen and oxygen atoms in total. The van der Waals surface area contributed by atoms with E-state index in [1.807, 2.05) is 18.2 Å². The van der Waals surface area contributed by atoms with Crippen molar-refractivity contribution in [3.05, 3.63) is 71.3 Å². The Morgan fingerprint density at radius 3 is 2.06 bits per heavy atom. The number of benzene rings is 2. The Morgan fingerprint density at radius 1 is 0.882 bits per heavy atom. The molecule has 0 heterocycles. The number of alkyl halides is 1. The summed E-state index contributed by atoms with van der Waals surface area (Å²) in [5, 5.41) is -0.0492. The molecule has 0 aliphatic carbocycles. The lowest BCUT2D eigenvalue weighted by molar-refractivity contribution is 0.920. The minimum atomic E-state index is -0.0492. The van der Waals surface area contributed by atoms with Crippen molar-refractivity contribution in [3.8, 4) is 0 Å². The largest absolute Gasteiger partial charge is 0.113 e. The molecule has 88 valence electrons. The minimum absolute atomic E-state index is 0.0492. The van der Waals surface area contributed by atoms with Crippen molar-refractivity contribution < 1.29 is 0 Å². The molecule has 0 fully saturated rings. The third kappa shape index (κ3) is 3.10. The second-order valence-electron chi connectivity index (χ2n) is 4.26. The van der Waals surface area contributed by atoms with Gasteiger partial charge in [-0.1, -0.05) is 67.9 Å². The lowest BCUT2D eigenvalue weighted by atomic mass is 10.0. The zero-order valence-corrected chi connectivity index (χ0v) is 10.8. The Labute approximate surface area is 108 Å². The third-order valence-electron chi connectivity index (χ3n) is 2.90. The van der Waals surface area contributed by atoms with E-state index in [1.165, 1.54) is 12.0 Å². The fourth-order valence-electron chi connectivity index (χ4n) is 1.96. The molecule has 0 aliphatic heterocycles. The fourth-order valence-corrected chi connectivity index (χ4v) is 2.25. The maximum Gasteiger partial charge on any atom is 0.0835 e. The van der Waals surface area contributed by atoms with Gasteiger partial charge in [-0.2, -0.15) is 0 Å². The van der Waals surface area contributed by atoms with E-state index < -0.39 is 0 Å². The van der Waals surface area contributed by atoms with Crippen LogP contribution in [0.2, 0.25) is 0 Å². The molecule has 0 bridgehead atoms. The molecule has 17 heavy (non-hydrogen) atoms. The summed E-state index contributed by atoms with van der Waals surface area (Å²) >= 11 is 6.46. The van der Waals surface area contributed by atoms with Gasteiger partial charge in [-0.15, -0.1) is 11.6 Å². The standard InChI is InChI=1S/C16H17Cl/c1-2-6-13-9-11-15(12-10-13)16(17)14-7-4-3-5-8-14/h3-5,7-12,16H,2,6H2,1H3. The van der Waals surface area contributed by atoms with Crippen molar-refractivity contribution >= 4 is 11.6 Å². The van der Waals surface area contributed by atoms with E-state index in [1.54, 1.807) is 0 Å². The molecule has 0 amide bonds. The van der Waals surface area contributed by atoms with Crippen LogP contribution in [0.1, 0.15) is 35.4 Å². The maximum atomic E-state index is 6.46. The third-order valence-corrected chi connectivity index (χ3v) is 3.41. The van der Waals surface area contributed by atoms with Gasteiger partial charge in [0.2, 0.25) is 0 Å². The van der Waals surface area contributed by atoms with Crippen LogP contribution in [-0.2, 0) is 6.42 Å². The number of hydrogen-bond acceptors (Lipinski definition) is 0. The summed E-state index contributed by atoms with van der Waals surface area (Å²) in [7, 11) is 0. The van der Waals surface area contributed by atoms with Gasteiger partial charge in [-0.05, 0) is 23.1 Å². The number of hydrogen-bond donors (Lipinski definition) is 0. The van der Waals surface area contributed by atoms with Gasteiger partial charge in [-0.3, -0.25) is 0 Å². The highest BCUT2D eigenvalue weighted by atomic mass is 35.5. The summed E-state index contributed by atoms with van der Waals surface area (Å²) in [4.78, 5) is 0. The van der Waals surface area contributed by atoms with Gasteiger partial charge in [0.1, 0.15) is 0 Å². The van der Waals surface area contributed by atoms with E-state index in [9.17, 15) is 0 Å². The van der Waals surface area contributed by atoms with Crippen LogP contribution in [0.3, 0.4) is 0 Å². The van der Waals surface area contributed by atoms with Crippen LogP contribution in [0.4, 0.5) is 0 Å². The van der Waals surface area contributed by atoms with Crippen LogP contribution < -0.4 is 0 Å². The summed E-state index contributed by atoms with van der Waals surface area (Å²) in [5.41, 5.74) is 3.70. The normalized spacial score (nSPS) is 12.4. The first kappa shape index (κ1) is 12.2. The van der Waals surface area contributed by atoms with Crippen molar-refractivity contribution in [1.29, 1.82) is 0 Å². The molecule has 2 aromatic rings. The van der Waals surface area contributed by atoms with Crippen molar-refractivity contribution in [2.75, 3.05) is 0 Å². The Hall–Kier alpha value is -1.27. The summed E-state index contributed by atoms with van der Waals surface area (Å²) in [5.74, 6) is 0. The maximum absolute atomic E-state index is 6.46. The van der Waals surface area contributed by atoms with Gasteiger partial charge in [0.15, 0.2) is 0 Å². The quantitative estimate of drug-likeness (QED) is 0.667. The van der Waals surface area contributed by atoms with E-state index in [-0.39, 0.29) is 5.38 Å². The first-order valence-electron chi connectivity index (χ1n) is 6.09. The average molecular weight is 245 g/mol. The molecular formula is C16H17Cl. The van der Waals surface area contributed by atoms with Crippen LogP contribution in [0.5, 0.6) is 0 Å². The first-order chi connectivity index (χ1) is 8.31. The topological polar surface area (TPSA) is 0 Å². The van der Waals surface area contributed by atoms with Crippen LogP contribution in [-0.4, -0.2) is 0 Å². The van der Waals surface area contributed by atoms with Crippen molar-refractivity contribution in [2.24, 2.45) is 0 Å². The summed E-state index contributed by atoms with van der Waals surface area (Å²) in [6.07, 6.45) is 2.32. The predicted molar refractivity (Wildman–Crippen MR) is 74.6 cm³/mol. The molecule has 0 radical (unpaired) electrons. The van der Waals surface area contributed by atoms with Gasteiger partial charge in [-0.25, -0.2) is 0 Å². The highest BCUT2D eigenvalue weighted by Gasteiger charge is 2.09. The minimum Gasteiger partial charge on any atom is -0.113 e. The molecule has 2 rings (SSSR count). The van der Waals surface area contributed by atoms with Crippen molar-refractivity contribution in [1.82, 2.24) is 0 Å². The molecule has 2 aromatic carbocycles. The number of halogens is 1. The molecule has 0 saturated heterocycles. The van der Waals surface area contributed by atoms with Gasteiger partial charge >= 0.3 is 0 Å². The molecule has 1 unspecified atom stereocenters. The molecule has 0 saturated carbocycles. The van der Waals surface area contributed by atoms with Crippen LogP contribution in [0.15, 0.2) is 54.6 Å². The van der Waals surface area contributed by atoms with Crippen LogP contribution >= 0.6 is 11.6 Å². The van der Waals surface area contributed by atoms with E-state index >= 15 is 0 Å². The molecule has 0 spiro atoms. The lowest BCUT2D eigenvalue weighted by Gasteiger charge is -2.10. The number of aryl methyl sites for hydroxylation is 1. The fraction of sp³-hybridized carbons (Fsp3) is 0.250. The second kappa shape index (κ2) is 5.88. The first-order valence-corrected chi connectivity index (χ1v) is 6.52. The highest BCUT2D eigenvalue weighted by Crippen LogP contribution is 2.28. The Balaban J connectivity index is 2.17. The zero-order chi connectivity index (χ0) is 12.1. The van der Waals surface area contributed by atoms with Crippen molar-refractivity contribution in [3.63, 3.8) is 0 Å². The van der Waals surface area contributed by atoms with E-state index in [0.29, 0.717) is 0 Å². The van der Waals surface area contributed by atoms with Gasteiger partial charge < -0.3 is 0 Å². The van der Waals surface area contributed by atoms with Crippen LogP contribution in [0, 0.1) is 0 Å². The van der Waals surface area contributed by atoms with Crippen molar-refractivity contribution in [2.45, 2.75) is 25.1 Å². The summed E-state index contributed by atoms with van der Waals surface area (Å²) < 4.78 is 0. The average Bonchev–Trinajstić information content (AvgIpc) is 2.40. The monoisotopic (exact) mass is 244 g/mol. The molecule has 0 aromatic heterocycles. The summed E-state index contributed by atoms with van der Waals surface area (Å²) in [6.45, 7) is 2.20. The predicted octanol–water partition coefficient (Wildman–Crippen LogP) is 4.97. The SMILES string of the molecule is CCCc1ccc(C(Cl)c2ccccc2)cc1. The summed E-state index contributed by atoms with van der Waals surface area (Å²) in [6, 6.07) is 18.8. The smallest absolute Gasteiger partial charge is 0.0835 e. The molecule has 1 atom stereocenters. The van der Waals surface area contributed by atoms with Crippen LogP contribution in [0.25, 0.3) is 0 Å². The Bertz CT molecular complexity index is 445. The molecule has 1 heteroatoms. The zero-order valence-electron chi connectivity index (χ0n) is 10.1.